The molecule has 4 aromatic heterocycles. The number of pyridine rings is 2. The maximum atomic E-state index is 14.1. The number of imidazole rings is 1. The Morgan fingerprint density at radius 2 is 1.59 bits per heavy atom. The van der Waals surface area contributed by atoms with Crippen LogP contribution in [0.15, 0.2) is 55.2 Å². The summed E-state index contributed by atoms with van der Waals surface area (Å²) in [5.74, 6) is -0.659. The fraction of sp³-hybridized carbons (Fsp3) is 0.333. The predicted octanol–water partition coefficient (Wildman–Crippen LogP) is 3.64. The van der Waals surface area contributed by atoms with Crippen LogP contribution in [-0.4, -0.2) is 54.5 Å². The Morgan fingerprint density at radius 1 is 0.846 bits per heavy atom. The maximum absolute atomic E-state index is 14.1. The van der Waals surface area contributed by atoms with Crippen LogP contribution < -0.4 is 21.3 Å². The zero-order valence-electron chi connectivity index (χ0n) is 21.1. The molecule has 4 aromatic rings. The third kappa shape index (κ3) is 5.64. The molecule has 0 spiro atoms. The summed E-state index contributed by atoms with van der Waals surface area (Å²) in [6.07, 6.45) is 12.6. The van der Waals surface area contributed by atoms with Gasteiger partial charge in [-0.25, -0.2) is 13.9 Å². The van der Waals surface area contributed by atoms with E-state index in [9.17, 15) is 14.0 Å². The number of nitrogens with one attached hydrogen (secondary N) is 4. The Hall–Kier alpha value is -4.61. The van der Waals surface area contributed by atoms with Crippen molar-refractivity contribution in [3.8, 4) is 0 Å². The summed E-state index contributed by atoms with van der Waals surface area (Å²) in [6, 6.07) is 7.43. The highest BCUT2D eigenvalue weighted by molar-refractivity contribution is 6.03. The van der Waals surface area contributed by atoms with Crippen LogP contribution in [-0.2, 0) is 0 Å². The van der Waals surface area contributed by atoms with E-state index in [4.69, 9.17) is 0 Å². The number of carbonyl (C=O) groups excluding carboxylic acids is 2. The van der Waals surface area contributed by atoms with Crippen molar-refractivity contribution < 1.29 is 14.0 Å². The fourth-order valence-corrected chi connectivity index (χ4v) is 4.77. The highest BCUT2D eigenvalue weighted by Crippen LogP contribution is 2.30. The molecule has 4 N–H and O–H groups in total. The first-order valence-electron chi connectivity index (χ1n) is 13.1. The van der Waals surface area contributed by atoms with Gasteiger partial charge in [-0.1, -0.05) is 0 Å². The SMILES string of the molecule is O=C(N[C@H]1CC[C@H](Nc2cc(NC3CC3)c3ncc(C(=O)Nc4ccncc4F)n3n2)CC1)c1cccnc1. The van der Waals surface area contributed by atoms with Gasteiger partial charge in [0.1, 0.15) is 5.82 Å². The van der Waals surface area contributed by atoms with Gasteiger partial charge in [0.05, 0.1) is 29.3 Å². The molecule has 0 aliphatic heterocycles. The molecule has 12 heteroatoms. The minimum Gasteiger partial charge on any atom is -0.379 e. The number of rotatable bonds is 8. The van der Waals surface area contributed by atoms with Crippen LogP contribution in [0.3, 0.4) is 0 Å². The zero-order chi connectivity index (χ0) is 26.8. The lowest BCUT2D eigenvalue weighted by Gasteiger charge is -2.30. The number of hydrogen-bond donors (Lipinski definition) is 4. The van der Waals surface area contributed by atoms with Crippen LogP contribution in [0, 0.1) is 5.82 Å². The summed E-state index contributed by atoms with van der Waals surface area (Å²) in [6.45, 7) is 0. The van der Waals surface area contributed by atoms with E-state index in [0.717, 1.165) is 50.4 Å². The van der Waals surface area contributed by atoms with Crippen molar-refractivity contribution in [1.29, 1.82) is 0 Å². The quantitative estimate of drug-likeness (QED) is 0.271. The van der Waals surface area contributed by atoms with E-state index < -0.39 is 11.7 Å². The second kappa shape index (κ2) is 10.6. The molecule has 0 radical (unpaired) electrons. The van der Waals surface area contributed by atoms with Crippen LogP contribution in [0.2, 0.25) is 0 Å². The Balaban J connectivity index is 1.16. The van der Waals surface area contributed by atoms with Gasteiger partial charge in [0.25, 0.3) is 11.8 Å². The molecule has 0 unspecified atom stereocenters. The Morgan fingerprint density at radius 3 is 2.33 bits per heavy atom. The molecule has 0 atom stereocenters. The molecule has 39 heavy (non-hydrogen) atoms. The first-order chi connectivity index (χ1) is 19.0. The van der Waals surface area contributed by atoms with Gasteiger partial charge >= 0.3 is 0 Å². The Bertz CT molecular complexity index is 1500. The third-order valence-electron chi connectivity index (χ3n) is 7.00. The molecule has 2 aliphatic rings. The largest absolute Gasteiger partial charge is 0.379 e. The number of aromatic nitrogens is 5. The van der Waals surface area contributed by atoms with Crippen LogP contribution >= 0.6 is 0 Å². The van der Waals surface area contributed by atoms with E-state index in [0.29, 0.717) is 23.1 Å². The highest BCUT2D eigenvalue weighted by Gasteiger charge is 2.26. The van der Waals surface area contributed by atoms with Crippen LogP contribution in [0.5, 0.6) is 0 Å². The van der Waals surface area contributed by atoms with Crippen molar-refractivity contribution in [2.24, 2.45) is 0 Å². The van der Waals surface area contributed by atoms with E-state index >= 15 is 0 Å². The van der Waals surface area contributed by atoms with Gasteiger partial charge in [-0.2, -0.15) is 0 Å². The summed E-state index contributed by atoms with van der Waals surface area (Å²) in [4.78, 5) is 37.7. The van der Waals surface area contributed by atoms with Crippen LogP contribution in [0.25, 0.3) is 5.65 Å². The zero-order valence-corrected chi connectivity index (χ0v) is 21.1. The number of halogens is 1. The van der Waals surface area contributed by atoms with Crippen molar-refractivity contribution in [2.75, 3.05) is 16.0 Å². The summed E-state index contributed by atoms with van der Waals surface area (Å²) < 4.78 is 15.6. The predicted molar refractivity (Wildman–Crippen MR) is 143 cm³/mol. The minimum absolute atomic E-state index is 0.0305. The van der Waals surface area contributed by atoms with E-state index in [1.54, 1.807) is 24.5 Å². The van der Waals surface area contributed by atoms with Gasteiger partial charge in [-0.15, -0.1) is 5.10 Å². The normalized spacial score (nSPS) is 18.9. The summed E-state index contributed by atoms with van der Waals surface area (Å²) in [7, 11) is 0. The molecule has 11 nitrogen and oxygen atoms in total. The van der Waals surface area contributed by atoms with Gasteiger partial charge in [0.2, 0.25) is 0 Å². The number of amides is 2. The lowest BCUT2D eigenvalue weighted by molar-refractivity contribution is 0.0925. The van der Waals surface area contributed by atoms with Crippen LogP contribution in [0.1, 0.15) is 59.4 Å². The summed E-state index contributed by atoms with van der Waals surface area (Å²) >= 11 is 0. The molecule has 2 saturated carbocycles. The standard InChI is InChI=1S/C27H28FN9O2/c28-20-14-30-11-9-21(20)35-27(39)23-15-31-25-22(32-17-3-4-17)12-24(36-37(23)25)33-18-5-7-19(8-6-18)34-26(38)16-2-1-10-29-13-16/h1-2,9-15,17-19,32H,3-8H2,(H,33,36)(H,34,38)(H,30,35,39)/t18-,19-. The lowest BCUT2D eigenvalue weighted by Crippen LogP contribution is -2.40. The van der Waals surface area contributed by atoms with E-state index in [-0.39, 0.29) is 29.4 Å². The maximum Gasteiger partial charge on any atom is 0.276 e. The molecule has 0 aromatic carbocycles. The number of anilines is 3. The second-order valence-corrected chi connectivity index (χ2v) is 9.96. The monoisotopic (exact) mass is 529 g/mol. The first kappa shape index (κ1) is 24.7. The Kier molecular flexibility index (Phi) is 6.74. The topological polar surface area (TPSA) is 138 Å². The highest BCUT2D eigenvalue weighted by atomic mass is 19.1. The molecule has 2 amide bonds. The molecule has 2 aliphatic carbocycles. The van der Waals surface area contributed by atoms with Crippen molar-refractivity contribution in [2.45, 2.75) is 56.7 Å². The van der Waals surface area contributed by atoms with Crippen LogP contribution in [0.4, 0.5) is 21.6 Å². The Labute approximate surface area is 223 Å². The molecule has 6 rings (SSSR count). The summed E-state index contributed by atoms with van der Waals surface area (Å²) in [5.41, 5.74) is 2.07. The summed E-state index contributed by atoms with van der Waals surface area (Å²) in [5, 5.41) is 17.3. The van der Waals surface area contributed by atoms with Crippen molar-refractivity contribution in [1.82, 2.24) is 29.9 Å². The van der Waals surface area contributed by atoms with Gasteiger partial charge < -0.3 is 21.3 Å². The first-order valence-corrected chi connectivity index (χ1v) is 13.1. The van der Waals surface area contributed by atoms with Crippen molar-refractivity contribution >= 4 is 34.7 Å². The van der Waals surface area contributed by atoms with E-state index in [1.807, 2.05) is 6.07 Å². The molecule has 4 heterocycles. The van der Waals surface area contributed by atoms with Gasteiger partial charge in [-0.05, 0) is 56.7 Å². The lowest BCUT2D eigenvalue weighted by atomic mass is 9.91. The molecule has 0 bridgehead atoms. The smallest absolute Gasteiger partial charge is 0.276 e. The fourth-order valence-electron chi connectivity index (χ4n) is 4.77. The van der Waals surface area contributed by atoms with E-state index in [1.165, 1.54) is 23.0 Å². The van der Waals surface area contributed by atoms with Gasteiger partial charge in [-0.3, -0.25) is 19.6 Å². The average Bonchev–Trinajstić information content (AvgIpc) is 3.66. The van der Waals surface area contributed by atoms with E-state index in [2.05, 4.69) is 41.3 Å². The van der Waals surface area contributed by atoms with Crippen molar-refractivity contribution in [3.05, 3.63) is 72.3 Å². The van der Waals surface area contributed by atoms with Gasteiger partial charge in [0, 0.05) is 42.8 Å². The average molecular weight is 530 g/mol. The molecular weight excluding hydrogens is 501 g/mol. The third-order valence-corrected chi connectivity index (χ3v) is 7.00. The number of nitrogens with zero attached hydrogens (tertiary/aromatic N) is 5. The number of hydrogen-bond acceptors (Lipinski definition) is 8. The van der Waals surface area contributed by atoms with Crippen molar-refractivity contribution in [3.63, 3.8) is 0 Å². The second-order valence-electron chi connectivity index (χ2n) is 9.96. The molecule has 200 valence electrons. The minimum atomic E-state index is -0.627. The molecule has 0 saturated heterocycles. The number of carbonyl (C=O) groups is 2. The number of fused-ring (bicyclic) bond motifs is 1. The molecule has 2 fully saturated rings. The van der Waals surface area contributed by atoms with Gasteiger partial charge in [0.15, 0.2) is 17.2 Å². The molecular formula is C27H28FN9O2.